The third-order valence-electron chi connectivity index (χ3n) is 6.91. The number of benzene rings is 2. The van der Waals surface area contributed by atoms with E-state index in [1.54, 1.807) is 18.2 Å². The molecule has 0 bridgehead atoms. The Morgan fingerprint density at radius 3 is 2.64 bits per heavy atom. The van der Waals surface area contributed by atoms with E-state index < -0.39 is 10.0 Å². The van der Waals surface area contributed by atoms with Gasteiger partial charge in [-0.15, -0.1) is 0 Å². The summed E-state index contributed by atoms with van der Waals surface area (Å²) in [5.74, 6) is 1.39. The minimum absolute atomic E-state index is 0.0230. The van der Waals surface area contributed by atoms with E-state index in [0.29, 0.717) is 22.6 Å². The zero-order valence-electron chi connectivity index (χ0n) is 20.6. The fraction of sp³-hybridized carbons (Fsp3) is 0.321. The van der Waals surface area contributed by atoms with Crippen molar-refractivity contribution in [1.29, 1.82) is 0 Å². The normalized spacial score (nSPS) is 16.9. The molecule has 1 amide bonds. The molecule has 1 aliphatic carbocycles. The molecular weight excluding hydrogens is 474 g/mol. The summed E-state index contributed by atoms with van der Waals surface area (Å²) in [6, 6.07) is 14.8. The van der Waals surface area contributed by atoms with Crippen LogP contribution in [0.25, 0.3) is 11.6 Å². The smallest absolute Gasteiger partial charge is 0.256 e. The van der Waals surface area contributed by atoms with Crippen LogP contribution in [0.1, 0.15) is 66.9 Å². The first-order valence-corrected chi connectivity index (χ1v) is 14.0. The Hall–Kier alpha value is -3.36. The van der Waals surface area contributed by atoms with Gasteiger partial charge in [-0.25, -0.2) is 13.1 Å². The van der Waals surface area contributed by atoms with Gasteiger partial charge in [-0.1, -0.05) is 31.5 Å². The molecule has 2 aliphatic rings. The Kier molecular flexibility index (Phi) is 6.73. The minimum atomic E-state index is -3.65. The number of amides is 1. The molecule has 8 heteroatoms. The number of carbonyl (C=O) groups excluding carboxylic acids is 1. The summed E-state index contributed by atoms with van der Waals surface area (Å²) in [6.07, 6.45) is 7.69. The van der Waals surface area contributed by atoms with Crippen LogP contribution in [0.4, 0.5) is 11.4 Å². The number of fused-ring (bicyclic) bond motifs is 2. The lowest BCUT2D eigenvalue weighted by atomic mass is 9.89. The molecule has 2 heterocycles. The van der Waals surface area contributed by atoms with Gasteiger partial charge in [0.15, 0.2) is 0 Å². The van der Waals surface area contributed by atoms with Gasteiger partial charge in [0.1, 0.15) is 11.5 Å². The summed E-state index contributed by atoms with van der Waals surface area (Å²) in [5, 5.41) is 6.55. The second-order valence-electron chi connectivity index (χ2n) is 9.27. The molecular formula is C28H31N3O4S. The molecule has 3 aromatic rings. The predicted octanol–water partition coefficient (Wildman–Crippen LogP) is 5.51. The average Bonchev–Trinajstić information content (AvgIpc) is 3.41. The third-order valence-corrected chi connectivity index (χ3v) is 8.32. The number of hydrogen-bond acceptors (Lipinski definition) is 5. The zero-order chi connectivity index (χ0) is 25.3. The highest BCUT2D eigenvalue weighted by atomic mass is 32.2. The molecule has 2 aromatic carbocycles. The molecule has 7 nitrogen and oxygen atoms in total. The largest absolute Gasteiger partial charge is 0.461 e. The van der Waals surface area contributed by atoms with E-state index >= 15 is 0 Å². The molecule has 1 aliphatic heterocycles. The monoisotopic (exact) mass is 505 g/mol. The Bertz CT molecular complexity index is 1420. The van der Waals surface area contributed by atoms with E-state index in [9.17, 15) is 13.2 Å². The summed E-state index contributed by atoms with van der Waals surface area (Å²) in [7, 11) is -2.28. The molecule has 36 heavy (non-hydrogen) atoms. The lowest BCUT2D eigenvalue weighted by Crippen LogP contribution is -2.18. The van der Waals surface area contributed by atoms with Gasteiger partial charge in [-0.2, -0.15) is 0 Å². The SMILES string of the molecule is CCCC(Nc1ccccc1)c1c(C=C2C(=O)Nc3ccc(S(=O)(=O)NC)cc32)oc2c1CCCC2. The number of para-hydroxylation sites is 1. The van der Waals surface area contributed by atoms with Crippen molar-refractivity contribution in [3.63, 3.8) is 0 Å². The maximum atomic E-state index is 13.0. The molecule has 188 valence electrons. The van der Waals surface area contributed by atoms with Crippen LogP contribution in [0.2, 0.25) is 0 Å². The molecule has 1 aromatic heterocycles. The molecule has 1 unspecified atom stereocenters. The highest BCUT2D eigenvalue weighted by Gasteiger charge is 2.31. The molecule has 0 saturated heterocycles. The maximum Gasteiger partial charge on any atom is 0.256 e. The Balaban J connectivity index is 1.63. The third kappa shape index (κ3) is 4.58. The van der Waals surface area contributed by atoms with Crippen molar-refractivity contribution < 1.29 is 17.6 Å². The van der Waals surface area contributed by atoms with Gasteiger partial charge in [-0.05, 0) is 74.7 Å². The topological polar surface area (TPSA) is 100 Å². The molecule has 0 radical (unpaired) electrons. The lowest BCUT2D eigenvalue weighted by Gasteiger charge is -2.22. The quantitative estimate of drug-likeness (QED) is 0.350. The van der Waals surface area contributed by atoms with Crippen LogP contribution in [-0.4, -0.2) is 21.4 Å². The van der Waals surface area contributed by atoms with Gasteiger partial charge in [0, 0.05) is 28.9 Å². The summed E-state index contributed by atoms with van der Waals surface area (Å²) in [5.41, 5.74) is 4.92. The van der Waals surface area contributed by atoms with Crippen LogP contribution in [-0.2, 0) is 27.7 Å². The number of carbonyl (C=O) groups is 1. The summed E-state index contributed by atoms with van der Waals surface area (Å²) in [6.45, 7) is 2.16. The van der Waals surface area contributed by atoms with E-state index in [4.69, 9.17) is 4.42 Å². The highest BCUT2D eigenvalue weighted by molar-refractivity contribution is 7.89. The van der Waals surface area contributed by atoms with E-state index in [2.05, 4.69) is 34.4 Å². The number of anilines is 2. The fourth-order valence-corrected chi connectivity index (χ4v) is 5.90. The Morgan fingerprint density at radius 2 is 1.89 bits per heavy atom. The highest BCUT2D eigenvalue weighted by Crippen LogP contribution is 2.41. The summed E-state index contributed by atoms with van der Waals surface area (Å²) in [4.78, 5) is 13.1. The van der Waals surface area contributed by atoms with Gasteiger partial charge >= 0.3 is 0 Å². The van der Waals surface area contributed by atoms with Crippen LogP contribution in [0.3, 0.4) is 0 Å². The van der Waals surface area contributed by atoms with Crippen LogP contribution in [0, 0.1) is 0 Å². The second-order valence-corrected chi connectivity index (χ2v) is 11.2. The number of furan rings is 1. The van der Waals surface area contributed by atoms with Gasteiger partial charge in [0.05, 0.1) is 16.5 Å². The van der Waals surface area contributed by atoms with Crippen LogP contribution >= 0.6 is 0 Å². The molecule has 0 fully saturated rings. The molecule has 3 N–H and O–H groups in total. The first-order valence-electron chi connectivity index (χ1n) is 12.5. The van der Waals surface area contributed by atoms with Gasteiger partial charge in [-0.3, -0.25) is 4.79 Å². The van der Waals surface area contributed by atoms with Gasteiger partial charge in [0.2, 0.25) is 10.0 Å². The zero-order valence-corrected chi connectivity index (χ0v) is 21.4. The lowest BCUT2D eigenvalue weighted by molar-refractivity contribution is -0.110. The summed E-state index contributed by atoms with van der Waals surface area (Å²) >= 11 is 0. The minimum Gasteiger partial charge on any atom is -0.461 e. The predicted molar refractivity (Wildman–Crippen MR) is 142 cm³/mol. The number of rotatable bonds is 8. The van der Waals surface area contributed by atoms with Gasteiger partial charge in [0.25, 0.3) is 5.91 Å². The maximum absolute atomic E-state index is 13.0. The Morgan fingerprint density at radius 1 is 1.11 bits per heavy atom. The van der Waals surface area contributed by atoms with E-state index in [0.717, 1.165) is 55.5 Å². The standard InChI is InChI=1S/C28H31N3O4S/c1-3-9-24(30-18-10-5-4-6-11-18)27-20-12-7-8-13-25(20)35-26(27)17-22-21-16-19(36(33,34)29-2)14-15-23(21)31-28(22)32/h4-6,10-11,14-17,24,29-30H,3,7-9,12-13H2,1-2H3,(H,31,32). The van der Waals surface area contributed by atoms with E-state index in [1.807, 2.05) is 18.2 Å². The van der Waals surface area contributed by atoms with Crippen molar-refractivity contribution in [3.05, 3.63) is 76.7 Å². The Labute approximate surface area is 212 Å². The van der Waals surface area contributed by atoms with E-state index in [-0.39, 0.29) is 16.8 Å². The average molecular weight is 506 g/mol. The van der Waals surface area contributed by atoms with Crippen LogP contribution < -0.4 is 15.4 Å². The van der Waals surface area contributed by atoms with Crippen molar-refractivity contribution in [1.82, 2.24) is 4.72 Å². The van der Waals surface area contributed by atoms with Gasteiger partial charge < -0.3 is 15.1 Å². The number of sulfonamides is 1. The molecule has 0 spiro atoms. The number of aryl methyl sites for hydroxylation is 1. The number of nitrogens with one attached hydrogen (secondary N) is 3. The number of hydrogen-bond donors (Lipinski definition) is 3. The van der Waals surface area contributed by atoms with Crippen LogP contribution in [0.15, 0.2) is 57.8 Å². The second kappa shape index (κ2) is 9.95. The summed E-state index contributed by atoms with van der Waals surface area (Å²) < 4.78 is 33.6. The molecule has 1 atom stereocenters. The molecule has 0 saturated carbocycles. The van der Waals surface area contributed by atoms with Crippen molar-refractivity contribution in [2.45, 2.75) is 56.4 Å². The molecule has 5 rings (SSSR count). The first-order chi connectivity index (χ1) is 17.4. The van der Waals surface area contributed by atoms with Crippen LogP contribution in [0.5, 0.6) is 0 Å². The van der Waals surface area contributed by atoms with Crippen molar-refractivity contribution >= 4 is 39.0 Å². The van der Waals surface area contributed by atoms with E-state index in [1.165, 1.54) is 18.7 Å². The first kappa shape index (κ1) is 24.3. The van der Waals surface area contributed by atoms with Crippen molar-refractivity contribution in [3.8, 4) is 0 Å². The van der Waals surface area contributed by atoms with Crippen molar-refractivity contribution in [2.75, 3.05) is 17.7 Å². The fourth-order valence-electron chi connectivity index (χ4n) is 5.14. The van der Waals surface area contributed by atoms with Crippen molar-refractivity contribution in [2.24, 2.45) is 0 Å².